The molecule has 1 N–H and O–H groups in total. The van der Waals surface area contributed by atoms with E-state index in [-0.39, 0.29) is 31.6 Å². The zero-order valence-electron chi connectivity index (χ0n) is 20.0. The fourth-order valence-corrected chi connectivity index (χ4v) is 4.09. The van der Waals surface area contributed by atoms with Gasteiger partial charge in [-0.25, -0.2) is 8.78 Å². The Labute approximate surface area is 209 Å². The highest BCUT2D eigenvalue weighted by molar-refractivity contribution is 5.95. The van der Waals surface area contributed by atoms with Gasteiger partial charge in [0.25, 0.3) is 5.91 Å². The van der Waals surface area contributed by atoms with Crippen molar-refractivity contribution >= 4 is 11.9 Å². The zero-order valence-corrected chi connectivity index (χ0v) is 20.0. The summed E-state index contributed by atoms with van der Waals surface area (Å²) in [6.07, 6.45) is 2.70. The van der Waals surface area contributed by atoms with E-state index < -0.39 is 17.7 Å². The minimum Gasteiger partial charge on any atom is -0.493 e. The first-order valence-electron chi connectivity index (χ1n) is 12.2. The van der Waals surface area contributed by atoms with Crippen LogP contribution in [0.3, 0.4) is 0 Å². The molecular formula is C29H29F2NO4. The van der Waals surface area contributed by atoms with Gasteiger partial charge in [-0.15, -0.1) is 0 Å². The van der Waals surface area contributed by atoms with Crippen LogP contribution >= 0.6 is 0 Å². The number of carboxylic acids is 1. The number of unbranched alkanes of at least 4 members (excludes halogenated alkanes) is 2. The van der Waals surface area contributed by atoms with Gasteiger partial charge in [-0.3, -0.25) is 9.59 Å². The van der Waals surface area contributed by atoms with Crippen molar-refractivity contribution in [1.29, 1.82) is 0 Å². The van der Waals surface area contributed by atoms with Gasteiger partial charge in [-0.05, 0) is 49.1 Å². The molecule has 0 bridgehead atoms. The quantitative estimate of drug-likeness (QED) is 0.228. The van der Waals surface area contributed by atoms with Crippen LogP contribution in [0.15, 0.2) is 72.8 Å². The maximum Gasteiger partial charge on any atom is 0.303 e. The number of carbonyl (C=O) groups excluding carboxylic acids is 1. The van der Waals surface area contributed by atoms with Crippen molar-refractivity contribution in [2.75, 3.05) is 6.61 Å². The third kappa shape index (κ3) is 6.27. The SMILES string of the molecule is O=C(O)CCCCCOc1ccccc1CN(C(=O)c1ccc(-c2ccccc2F)cc1)C1(F)CC1. The Morgan fingerprint density at radius 2 is 1.61 bits per heavy atom. The van der Waals surface area contributed by atoms with E-state index in [1.165, 1.54) is 11.0 Å². The summed E-state index contributed by atoms with van der Waals surface area (Å²) in [5, 5.41) is 8.73. The van der Waals surface area contributed by atoms with Crippen molar-refractivity contribution in [1.82, 2.24) is 4.90 Å². The molecule has 1 aliphatic rings. The molecule has 1 amide bonds. The second-order valence-electron chi connectivity index (χ2n) is 9.03. The van der Waals surface area contributed by atoms with E-state index in [2.05, 4.69) is 0 Å². The summed E-state index contributed by atoms with van der Waals surface area (Å²) in [6, 6.07) is 20.2. The molecule has 36 heavy (non-hydrogen) atoms. The van der Waals surface area contributed by atoms with E-state index in [9.17, 15) is 14.0 Å². The fraction of sp³-hybridized carbons (Fsp3) is 0.310. The maximum absolute atomic E-state index is 15.3. The Bertz CT molecular complexity index is 1210. The van der Waals surface area contributed by atoms with E-state index in [4.69, 9.17) is 9.84 Å². The summed E-state index contributed by atoms with van der Waals surface area (Å²) in [5.74, 6) is -2.72. The van der Waals surface area contributed by atoms with Crippen LogP contribution in [-0.4, -0.2) is 34.3 Å². The largest absolute Gasteiger partial charge is 0.493 e. The minimum absolute atomic E-state index is 0.0551. The van der Waals surface area contributed by atoms with Gasteiger partial charge < -0.3 is 14.7 Å². The fourth-order valence-electron chi connectivity index (χ4n) is 4.09. The number of rotatable bonds is 12. The van der Waals surface area contributed by atoms with Crippen molar-refractivity contribution in [2.45, 2.75) is 50.9 Å². The van der Waals surface area contributed by atoms with Crippen molar-refractivity contribution < 1.29 is 28.2 Å². The normalized spacial score (nSPS) is 13.7. The highest BCUT2D eigenvalue weighted by Crippen LogP contribution is 2.45. The lowest BCUT2D eigenvalue weighted by Crippen LogP contribution is -2.39. The number of para-hydroxylation sites is 1. The molecule has 0 unspecified atom stereocenters. The molecule has 3 aromatic carbocycles. The predicted molar refractivity (Wildman–Crippen MR) is 133 cm³/mol. The van der Waals surface area contributed by atoms with Crippen LogP contribution in [0.2, 0.25) is 0 Å². The van der Waals surface area contributed by atoms with Crippen molar-refractivity contribution in [3.05, 3.63) is 89.7 Å². The van der Waals surface area contributed by atoms with Gasteiger partial charge in [0.15, 0.2) is 5.79 Å². The number of halogens is 2. The molecule has 0 atom stereocenters. The van der Waals surface area contributed by atoms with E-state index in [0.717, 1.165) is 6.42 Å². The third-order valence-electron chi connectivity index (χ3n) is 6.30. The van der Waals surface area contributed by atoms with Crippen LogP contribution in [0.1, 0.15) is 54.4 Å². The van der Waals surface area contributed by atoms with Crippen molar-refractivity contribution in [3.8, 4) is 16.9 Å². The molecule has 0 heterocycles. The highest BCUT2D eigenvalue weighted by Gasteiger charge is 2.51. The summed E-state index contributed by atoms with van der Waals surface area (Å²) in [7, 11) is 0. The second-order valence-corrected chi connectivity index (χ2v) is 9.03. The van der Waals surface area contributed by atoms with E-state index in [1.807, 2.05) is 18.2 Å². The van der Waals surface area contributed by atoms with Crippen LogP contribution in [-0.2, 0) is 11.3 Å². The summed E-state index contributed by atoms with van der Waals surface area (Å²) in [4.78, 5) is 25.3. The molecular weight excluding hydrogens is 464 g/mol. The average Bonchev–Trinajstić information content (AvgIpc) is 3.63. The Morgan fingerprint density at radius 1 is 0.917 bits per heavy atom. The van der Waals surface area contributed by atoms with Gasteiger partial charge in [0.2, 0.25) is 0 Å². The number of amides is 1. The molecule has 188 valence electrons. The van der Waals surface area contributed by atoms with Crippen LogP contribution in [0.25, 0.3) is 11.1 Å². The number of benzene rings is 3. The number of ether oxygens (including phenoxy) is 1. The summed E-state index contributed by atoms with van der Waals surface area (Å²) in [5.41, 5.74) is 2.10. The lowest BCUT2D eigenvalue weighted by atomic mass is 10.0. The number of aliphatic carboxylic acids is 1. The van der Waals surface area contributed by atoms with E-state index in [1.54, 1.807) is 48.5 Å². The first-order chi connectivity index (χ1) is 17.4. The predicted octanol–water partition coefficient (Wildman–Crippen LogP) is 6.62. The summed E-state index contributed by atoms with van der Waals surface area (Å²) < 4.78 is 35.4. The number of hydrogen-bond donors (Lipinski definition) is 1. The van der Waals surface area contributed by atoms with Gasteiger partial charge in [0, 0.05) is 36.0 Å². The Balaban J connectivity index is 1.45. The molecule has 1 aliphatic carbocycles. The maximum atomic E-state index is 15.3. The van der Waals surface area contributed by atoms with E-state index in [0.29, 0.717) is 47.5 Å². The first-order valence-corrected chi connectivity index (χ1v) is 12.2. The Morgan fingerprint density at radius 3 is 2.31 bits per heavy atom. The van der Waals surface area contributed by atoms with Crippen LogP contribution < -0.4 is 4.74 Å². The summed E-state index contributed by atoms with van der Waals surface area (Å²) >= 11 is 0. The second kappa shape index (κ2) is 11.3. The molecule has 0 radical (unpaired) electrons. The monoisotopic (exact) mass is 493 g/mol. The molecule has 0 saturated heterocycles. The molecule has 5 nitrogen and oxygen atoms in total. The number of carbonyl (C=O) groups is 2. The molecule has 1 saturated carbocycles. The van der Waals surface area contributed by atoms with Gasteiger partial charge in [-0.2, -0.15) is 0 Å². The topological polar surface area (TPSA) is 66.8 Å². The van der Waals surface area contributed by atoms with Crippen LogP contribution in [0.4, 0.5) is 8.78 Å². The third-order valence-corrected chi connectivity index (χ3v) is 6.30. The average molecular weight is 494 g/mol. The van der Waals surface area contributed by atoms with Gasteiger partial charge >= 0.3 is 5.97 Å². The molecule has 1 fully saturated rings. The zero-order chi connectivity index (χ0) is 25.5. The molecule has 0 spiro atoms. The van der Waals surface area contributed by atoms with Crippen LogP contribution in [0, 0.1) is 5.82 Å². The number of carboxylic acid groups (broad SMARTS) is 1. The van der Waals surface area contributed by atoms with E-state index >= 15 is 4.39 Å². The lowest BCUT2D eigenvalue weighted by molar-refractivity contribution is -0.137. The molecule has 0 aliphatic heterocycles. The van der Waals surface area contributed by atoms with Gasteiger partial charge in [-0.1, -0.05) is 48.5 Å². The minimum atomic E-state index is -1.70. The molecule has 3 aromatic rings. The molecule has 4 rings (SSSR count). The first kappa shape index (κ1) is 25.4. The number of alkyl halides is 1. The molecule has 7 heteroatoms. The van der Waals surface area contributed by atoms with Crippen molar-refractivity contribution in [2.24, 2.45) is 0 Å². The lowest BCUT2D eigenvalue weighted by Gasteiger charge is -2.27. The van der Waals surface area contributed by atoms with Crippen molar-refractivity contribution in [3.63, 3.8) is 0 Å². The molecule has 0 aromatic heterocycles. The smallest absolute Gasteiger partial charge is 0.303 e. The Kier molecular flexibility index (Phi) is 7.98. The number of hydrogen-bond acceptors (Lipinski definition) is 3. The Hall–Kier alpha value is -3.74. The van der Waals surface area contributed by atoms with Crippen LogP contribution in [0.5, 0.6) is 5.75 Å². The van der Waals surface area contributed by atoms with Gasteiger partial charge in [0.1, 0.15) is 11.6 Å². The summed E-state index contributed by atoms with van der Waals surface area (Å²) in [6.45, 7) is 0.461. The standard InChI is InChI=1S/C29H29F2NO4/c30-25-10-5-4-9-24(25)21-13-15-22(16-14-21)28(35)32(29(31)17-18-29)20-23-8-3-6-11-26(23)36-19-7-1-2-12-27(33)34/h3-6,8-11,13-16H,1-2,7,12,17-20H2,(H,33,34). The van der Waals surface area contributed by atoms with Gasteiger partial charge in [0.05, 0.1) is 13.2 Å². The highest BCUT2D eigenvalue weighted by atomic mass is 19.1. The number of nitrogens with zero attached hydrogens (tertiary/aromatic N) is 1.